The van der Waals surface area contributed by atoms with Crippen molar-refractivity contribution in [2.75, 3.05) is 24.6 Å². The second kappa shape index (κ2) is 6.51. The van der Waals surface area contributed by atoms with Gasteiger partial charge in [0.2, 0.25) is 0 Å². The van der Waals surface area contributed by atoms with Gasteiger partial charge in [0, 0.05) is 13.1 Å². The standard InChI is InChI=1S/C18H19N5O2/c1-2-25-18(24)15-9-20-17(10-19-15)22-8-7-13(11-22)23-12-21-14-5-3-4-6-16(14)23/h3-6,9-10,12-13H,2,7-8,11H2,1H3. The molecule has 0 bridgehead atoms. The summed E-state index contributed by atoms with van der Waals surface area (Å²) in [4.78, 5) is 26.9. The molecule has 128 valence electrons. The van der Waals surface area contributed by atoms with Crippen molar-refractivity contribution in [3.8, 4) is 0 Å². The van der Waals surface area contributed by atoms with Gasteiger partial charge >= 0.3 is 5.97 Å². The molecule has 0 spiro atoms. The molecule has 0 saturated carbocycles. The van der Waals surface area contributed by atoms with E-state index in [1.807, 2.05) is 24.5 Å². The number of fused-ring (bicyclic) bond motifs is 1. The van der Waals surface area contributed by atoms with E-state index in [2.05, 4.69) is 30.5 Å². The summed E-state index contributed by atoms with van der Waals surface area (Å²) in [5, 5.41) is 0. The highest BCUT2D eigenvalue weighted by Gasteiger charge is 2.26. The van der Waals surface area contributed by atoms with Crippen LogP contribution in [0, 0.1) is 0 Å². The molecule has 1 aliphatic rings. The Labute approximate surface area is 145 Å². The van der Waals surface area contributed by atoms with Crippen molar-refractivity contribution in [1.29, 1.82) is 0 Å². The van der Waals surface area contributed by atoms with E-state index in [1.54, 1.807) is 13.1 Å². The predicted molar refractivity (Wildman–Crippen MR) is 93.6 cm³/mol. The smallest absolute Gasteiger partial charge is 0.358 e. The molecule has 7 nitrogen and oxygen atoms in total. The maximum Gasteiger partial charge on any atom is 0.358 e. The van der Waals surface area contributed by atoms with Gasteiger partial charge in [-0.25, -0.2) is 19.7 Å². The zero-order valence-corrected chi connectivity index (χ0v) is 14.0. The molecule has 0 N–H and O–H groups in total. The van der Waals surface area contributed by atoms with Crippen molar-refractivity contribution in [2.45, 2.75) is 19.4 Å². The minimum absolute atomic E-state index is 0.238. The number of imidazole rings is 1. The van der Waals surface area contributed by atoms with Gasteiger partial charge in [0.05, 0.1) is 42.4 Å². The number of hydrogen-bond donors (Lipinski definition) is 0. The molecular formula is C18H19N5O2. The number of aromatic nitrogens is 4. The van der Waals surface area contributed by atoms with Crippen molar-refractivity contribution < 1.29 is 9.53 Å². The molecule has 0 aliphatic carbocycles. The first-order valence-corrected chi connectivity index (χ1v) is 8.42. The van der Waals surface area contributed by atoms with Crippen LogP contribution in [0.15, 0.2) is 43.0 Å². The predicted octanol–water partition coefficient (Wildman–Crippen LogP) is 2.45. The fourth-order valence-electron chi connectivity index (χ4n) is 3.24. The number of anilines is 1. The van der Waals surface area contributed by atoms with E-state index in [9.17, 15) is 4.79 Å². The van der Waals surface area contributed by atoms with Crippen molar-refractivity contribution in [3.63, 3.8) is 0 Å². The number of esters is 1. The first-order valence-electron chi connectivity index (χ1n) is 8.42. The Morgan fingerprint density at radius 3 is 2.92 bits per heavy atom. The van der Waals surface area contributed by atoms with Crippen LogP contribution in [0.2, 0.25) is 0 Å². The van der Waals surface area contributed by atoms with Crippen LogP contribution in [-0.4, -0.2) is 45.2 Å². The maximum atomic E-state index is 11.7. The second-order valence-electron chi connectivity index (χ2n) is 6.01. The number of nitrogens with zero attached hydrogens (tertiary/aromatic N) is 5. The van der Waals surface area contributed by atoms with Crippen LogP contribution in [-0.2, 0) is 4.74 Å². The largest absolute Gasteiger partial charge is 0.461 e. The van der Waals surface area contributed by atoms with Gasteiger partial charge in [0.1, 0.15) is 5.82 Å². The Balaban J connectivity index is 1.50. The number of hydrogen-bond acceptors (Lipinski definition) is 6. The van der Waals surface area contributed by atoms with Crippen molar-refractivity contribution in [2.24, 2.45) is 0 Å². The number of carbonyl (C=O) groups is 1. The highest BCUT2D eigenvalue weighted by atomic mass is 16.5. The van der Waals surface area contributed by atoms with Crippen LogP contribution >= 0.6 is 0 Å². The monoisotopic (exact) mass is 337 g/mol. The maximum absolute atomic E-state index is 11.7. The summed E-state index contributed by atoms with van der Waals surface area (Å²) in [5.41, 5.74) is 2.40. The average molecular weight is 337 g/mol. The SMILES string of the molecule is CCOC(=O)c1cnc(N2CCC(n3cnc4ccccc43)C2)cn1. The first kappa shape index (κ1) is 15.6. The summed E-state index contributed by atoms with van der Waals surface area (Å²) in [7, 11) is 0. The Kier molecular flexibility index (Phi) is 4.05. The Bertz CT molecular complexity index is 890. The van der Waals surface area contributed by atoms with Crippen LogP contribution < -0.4 is 4.90 Å². The molecule has 0 amide bonds. The number of benzene rings is 1. The van der Waals surface area contributed by atoms with Gasteiger partial charge in [-0.3, -0.25) is 0 Å². The normalized spacial score (nSPS) is 17.2. The van der Waals surface area contributed by atoms with Gasteiger partial charge in [0.25, 0.3) is 0 Å². The number of carbonyl (C=O) groups excluding carboxylic acids is 1. The highest BCUT2D eigenvalue weighted by molar-refractivity contribution is 5.86. The lowest BCUT2D eigenvalue weighted by Crippen LogP contribution is -2.22. The molecule has 1 aromatic carbocycles. The van der Waals surface area contributed by atoms with Crippen LogP contribution in [0.3, 0.4) is 0 Å². The van der Waals surface area contributed by atoms with Gasteiger partial charge < -0.3 is 14.2 Å². The molecule has 1 aliphatic heterocycles. The molecule has 1 unspecified atom stereocenters. The molecular weight excluding hydrogens is 318 g/mol. The minimum Gasteiger partial charge on any atom is -0.461 e. The zero-order valence-electron chi connectivity index (χ0n) is 14.0. The Morgan fingerprint density at radius 2 is 2.12 bits per heavy atom. The number of ether oxygens (including phenoxy) is 1. The third-order valence-electron chi connectivity index (χ3n) is 4.48. The first-order chi connectivity index (χ1) is 12.3. The highest BCUT2D eigenvalue weighted by Crippen LogP contribution is 2.28. The van der Waals surface area contributed by atoms with E-state index in [0.717, 1.165) is 36.4 Å². The van der Waals surface area contributed by atoms with Crippen LogP contribution in [0.25, 0.3) is 11.0 Å². The lowest BCUT2D eigenvalue weighted by Gasteiger charge is -2.18. The topological polar surface area (TPSA) is 73.1 Å². The lowest BCUT2D eigenvalue weighted by molar-refractivity contribution is 0.0519. The molecule has 1 fully saturated rings. The minimum atomic E-state index is -0.439. The van der Waals surface area contributed by atoms with Crippen LogP contribution in [0.5, 0.6) is 0 Å². The molecule has 25 heavy (non-hydrogen) atoms. The van der Waals surface area contributed by atoms with E-state index < -0.39 is 5.97 Å². The van der Waals surface area contributed by atoms with E-state index in [4.69, 9.17) is 4.74 Å². The summed E-state index contributed by atoms with van der Waals surface area (Å²) in [6.07, 6.45) is 6.05. The molecule has 2 aromatic heterocycles. The van der Waals surface area contributed by atoms with Gasteiger partial charge in [-0.15, -0.1) is 0 Å². The van der Waals surface area contributed by atoms with E-state index in [1.165, 1.54) is 6.20 Å². The summed E-state index contributed by atoms with van der Waals surface area (Å²) >= 11 is 0. The summed E-state index contributed by atoms with van der Waals surface area (Å²) in [5.74, 6) is 0.339. The van der Waals surface area contributed by atoms with Gasteiger partial charge in [0.15, 0.2) is 5.69 Å². The molecule has 4 rings (SSSR count). The molecule has 7 heteroatoms. The van der Waals surface area contributed by atoms with E-state index >= 15 is 0 Å². The third kappa shape index (κ3) is 2.93. The Hall–Kier alpha value is -2.96. The van der Waals surface area contributed by atoms with Crippen LogP contribution in [0.1, 0.15) is 29.9 Å². The van der Waals surface area contributed by atoms with Crippen molar-refractivity contribution in [1.82, 2.24) is 19.5 Å². The van der Waals surface area contributed by atoms with Gasteiger partial charge in [-0.05, 0) is 25.5 Å². The quantitative estimate of drug-likeness (QED) is 0.681. The summed E-state index contributed by atoms with van der Waals surface area (Å²) < 4.78 is 7.17. The lowest BCUT2D eigenvalue weighted by atomic mass is 10.2. The molecule has 1 saturated heterocycles. The van der Waals surface area contributed by atoms with Gasteiger partial charge in [-0.2, -0.15) is 0 Å². The number of rotatable bonds is 4. The zero-order chi connectivity index (χ0) is 17.2. The van der Waals surface area contributed by atoms with Crippen molar-refractivity contribution >= 4 is 22.8 Å². The molecule has 0 radical (unpaired) electrons. The summed E-state index contributed by atoms with van der Waals surface area (Å²) in [6.45, 7) is 3.83. The molecule has 3 heterocycles. The Morgan fingerprint density at radius 1 is 1.24 bits per heavy atom. The van der Waals surface area contributed by atoms with E-state index in [0.29, 0.717) is 12.6 Å². The summed E-state index contributed by atoms with van der Waals surface area (Å²) in [6, 6.07) is 8.50. The molecule has 3 aromatic rings. The van der Waals surface area contributed by atoms with Gasteiger partial charge in [-0.1, -0.05) is 12.1 Å². The number of para-hydroxylation sites is 2. The second-order valence-corrected chi connectivity index (χ2v) is 6.01. The van der Waals surface area contributed by atoms with Crippen molar-refractivity contribution in [3.05, 3.63) is 48.7 Å². The van der Waals surface area contributed by atoms with Crippen LogP contribution in [0.4, 0.5) is 5.82 Å². The average Bonchev–Trinajstić information content (AvgIpc) is 3.29. The van der Waals surface area contributed by atoms with E-state index in [-0.39, 0.29) is 5.69 Å². The third-order valence-corrected chi connectivity index (χ3v) is 4.48. The fourth-order valence-corrected chi connectivity index (χ4v) is 3.24. The molecule has 1 atom stereocenters. The fraction of sp³-hybridized carbons (Fsp3) is 0.333.